The number of nitrogens with one attached hydrogen (secondary N) is 1. The predicted molar refractivity (Wildman–Crippen MR) is 105 cm³/mol. The molecule has 2 aromatic rings. The third-order valence-corrected chi connectivity index (χ3v) is 4.59. The average Bonchev–Trinajstić information content (AvgIpc) is 3.06. The SMILES string of the molecule is CCOc1ccc(C2C(C#N)=C(N)Oc3n[nH]c(C(C)(C)C)c32)cc1OCC. The molecule has 1 aromatic carbocycles. The molecule has 1 aromatic heterocycles. The van der Waals surface area contributed by atoms with Crippen LogP contribution < -0.4 is 19.9 Å². The number of aromatic nitrogens is 2. The molecule has 0 spiro atoms. The van der Waals surface area contributed by atoms with Crippen molar-refractivity contribution in [2.24, 2.45) is 5.73 Å². The van der Waals surface area contributed by atoms with Crippen LogP contribution in [0.3, 0.4) is 0 Å². The second kappa shape index (κ2) is 7.47. The van der Waals surface area contributed by atoms with Crippen molar-refractivity contribution in [2.45, 2.75) is 46.0 Å². The van der Waals surface area contributed by atoms with Gasteiger partial charge in [-0.3, -0.25) is 5.10 Å². The van der Waals surface area contributed by atoms with E-state index in [1.54, 1.807) is 0 Å². The summed E-state index contributed by atoms with van der Waals surface area (Å²) < 4.78 is 17.1. The van der Waals surface area contributed by atoms with Crippen molar-refractivity contribution in [2.75, 3.05) is 13.2 Å². The lowest BCUT2D eigenvalue weighted by Crippen LogP contribution is -2.24. The zero-order chi connectivity index (χ0) is 20.5. The number of nitrogens with two attached hydrogens (primary N) is 1. The Morgan fingerprint density at radius 2 is 1.89 bits per heavy atom. The molecule has 1 aliphatic heterocycles. The Labute approximate surface area is 165 Å². The second-order valence-corrected chi connectivity index (χ2v) is 7.56. The molecule has 148 valence electrons. The van der Waals surface area contributed by atoms with Gasteiger partial charge in [0.1, 0.15) is 11.6 Å². The van der Waals surface area contributed by atoms with Crippen molar-refractivity contribution >= 4 is 0 Å². The van der Waals surface area contributed by atoms with E-state index >= 15 is 0 Å². The number of ether oxygens (including phenoxy) is 3. The summed E-state index contributed by atoms with van der Waals surface area (Å²) in [6, 6.07) is 7.91. The van der Waals surface area contributed by atoms with Crippen molar-refractivity contribution in [3.63, 3.8) is 0 Å². The zero-order valence-electron chi connectivity index (χ0n) is 16.9. The quantitative estimate of drug-likeness (QED) is 0.816. The molecule has 7 heteroatoms. The molecule has 0 bridgehead atoms. The summed E-state index contributed by atoms with van der Waals surface area (Å²) in [4.78, 5) is 0. The fraction of sp³-hybridized carbons (Fsp3) is 0.429. The number of nitrogens with zero attached hydrogens (tertiary/aromatic N) is 2. The number of fused-ring (bicyclic) bond motifs is 1. The van der Waals surface area contributed by atoms with Gasteiger partial charge in [0.05, 0.1) is 24.7 Å². The first kappa shape index (κ1) is 19.6. The van der Waals surface area contributed by atoms with Crippen molar-refractivity contribution in [1.82, 2.24) is 10.2 Å². The number of nitriles is 1. The van der Waals surface area contributed by atoms with E-state index in [4.69, 9.17) is 19.9 Å². The minimum Gasteiger partial charge on any atom is -0.490 e. The van der Waals surface area contributed by atoms with Gasteiger partial charge in [-0.2, -0.15) is 5.26 Å². The third kappa shape index (κ3) is 3.38. The fourth-order valence-corrected chi connectivity index (χ4v) is 3.40. The Kier molecular flexibility index (Phi) is 5.23. The summed E-state index contributed by atoms with van der Waals surface area (Å²) in [7, 11) is 0. The van der Waals surface area contributed by atoms with Gasteiger partial charge in [-0.1, -0.05) is 26.8 Å². The molecule has 28 heavy (non-hydrogen) atoms. The van der Waals surface area contributed by atoms with Crippen LogP contribution in [0, 0.1) is 11.3 Å². The van der Waals surface area contributed by atoms with Crippen LogP contribution in [0.4, 0.5) is 0 Å². The monoisotopic (exact) mass is 382 g/mol. The summed E-state index contributed by atoms with van der Waals surface area (Å²) in [6.07, 6.45) is 0. The highest BCUT2D eigenvalue weighted by Crippen LogP contribution is 2.46. The van der Waals surface area contributed by atoms with Gasteiger partial charge >= 0.3 is 0 Å². The molecule has 1 atom stereocenters. The van der Waals surface area contributed by atoms with Crippen LogP contribution in [-0.4, -0.2) is 23.4 Å². The van der Waals surface area contributed by atoms with Gasteiger partial charge in [0.2, 0.25) is 11.8 Å². The molecule has 0 fully saturated rings. The van der Waals surface area contributed by atoms with Crippen molar-refractivity contribution in [1.29, 1.82) is 5.26 Å². The first-order valence-corrected chi connectivity index (χ1v) is 9.37. The zero-order valence-corrected chi connectivity index (χ0v) is 16.9. The lowest BCUT2D eigenvalue weighted by Gasteiger charge is -2.27. The summed E-state index contributed by atoms with van der Waals surface area (Å²) in [5.41, 5.74) is 8.77. The first-order valence-electron chi connectivity index (χ1n) is 9.37. The molecule has 1 aliphatic rings. The van der Waals surface area contributed by atoms with Crippen molar-refractivity contribution < 1.29 is 14.2 Å². The maximum absolute atomic E-state index is 9.81. The van der Waals surface area contributed by atoms with Gasteiger partial charge < -0.3 is 19.9 Å². The highest BCUT2D eigenvalue weighted by molar-refractivity contribution is 5.58. The van der Waals surface area contributed by atoms with Crippen LogP contribution in [0.2, 0.25) is 0 Å². The summed E-state index contributed by atoms with van der Waals surface area (Å²) in [5.74, 6) is 1.36. The molecule has 3 rings (SSSR count). The lowest BCUT2D eigenvalue weighted by atomic mass is 9.79. The maximum Gasteiger partial charge on any atom is 0.244 e. The van der Waals surface area contributed by atoms with Gasteiger partial charge in [0.25, 0.3) is 0 Å². The first-order chi connectivity index (χ1) is 13.3. The van der Waals surface area contributed by atoms with Gasteiger partial charge in [-0.25, -0.2) is 0 Å². The van der Waals surface area contributed by atoms with Gasteiger partial charge in [-0.15, -0.1) is 5.10 Å². The molecular formula is C21H26N4O3. The largest absolute Gasteiger partial charge is 0.490 e. The fourth-order valence-electron chi connectivity index (χ4n) is 3.40. The number of aromatic amines is 1. The van der Waals surface area contributed by atoms with E-state index in [-0.39, 0.29) is 11.3 Å². The Balaban J connectivity index is 2.21. The standard InChI is InChI=1S/C21H26N4O3/c1-6-26-14-9-8-12(10-15(14)27-7-2)16-13(11-22)19(23)28-20-17(16)18(24-25-20)21(3,4)5/h8-10,16H,6-7,23H2,1-5H3,(H,24,25). The van der Waals surface area contributed by atoms with Crippen molar-refractivity contribution in [3.05, 3.63) is 46.5 Å². The molecule has 7 nitrogen and oxygen atoms in total. The number of benzene rings is 1. The summed E-state index contributed by atoms with van der Waals surface area (Å²) >= 11 is 0. The van der Waals surface area contributed by atoms with Gasteiger partial charge in [0, 0.05) is 11.1 Å². The van der Waals surface area contributed by atoms with E-state index in [0.29, 0.717) is 36.2 Å². The van der Waals surface area contributed by atoms with Gasteiger partial charge in [0.15, 0.2) is 11.5 Å². The second-order valence-electron chi connectivity index (χ2n) is 7.56. The topological polar surface area (TPSA) is 106 Å². The smallest absolute Gasteiger partial charge is 0.244 e. The summed E-state index contributed by atoms with van der Waals surface area (Å²) in [6.45, 7) is 11.1. The van der Waals surface area contributed by atoms with E-state index in [1.807, 2.05) is 32.0 Å². The average molecular weight is 382 g/mol. The molecule has 0 aliphatic carbocycles. The summed E-state index contributed by atoms with van der Waals surface area (Å²) in [5, 5.41) is 17.2. The van der Waals surface area contributed by atoms with E-state index in [2.05, 4.69) is 37.0 Å². The van der Waals surface area contributed by atoms with Gasteiger partial charge in [-0.05, 0) is 31.5 Å². The van der Waals surface area contributed by atoms with Crippen LogP contribution in [0.1, 0.15) is 57.4 Å². The molecule has 2 heterocycles. The van der Waals surface area contributed by atoms with Crippen LogP contribution in [0.25, 0.3) is 0 Å². The number of hydrogen-bond acceptors (Lipinski definition) is 6. The predicted octanol–water partition coefficient (Wildman–Crippen LogP) is 3.72. The Bertz CT molecular complexity index is 948. The highest BCUT2D eigenvalue weighted by Gasteiger charge is 2.38. The van der Waals surface area contributed by atoms with Crippen LogP contribution in [0.15, 0.2) is 29.7 Å². The van der Waals surface area contributed by atoms with E-state index in [9.17, 15) is 5.26 Å². The number of allylic oxidation sites excluding steroid dienone is 1. The molecular weight excluding hydrogens is 356 g/mol. The normalized spacial score (nSPS) is 16.2. The van der Waals surface area contributed by atoms with E-state index < -0.39 is 5.92 Å². The van der Waals surface area contributed by atoms with E-state index in [1.165, 1.54) is 0 Å². The van der Waals surface area contributed by atoms with E-state index in [0.717, 1.165) is 16.8 Å². The third-order valence-electron chi connectivity index (χ3n) is 4.59. The number of rotatable bonds is 5. The molecule has 0 amide bonds. The van der Waals surface area contributed by atoms with Crippen LogP contribution >= 0.6 is 0 Å². The highest BCUT2D eigenvalue weighted by atomic mass is 16.5. The lowest BCUT2D eigenvalue weighted by molar-refractivity contribution is 0.287. The Hall–Kier alpha value is -3.14. The maximum atomic E-state index is 9.81. The van der Waals surface area contributed by atoms with Crippen LogP contribution in [0.5, 0.6) is 17.4 Å². The molecule has 0 saturated heterocycles. The molecule has 1 unspecified atom stereocenters. The minimum atomic E-state index is -0.406. The minimum absolute atomic E-state index is 0.0683. The number of hydrogen-bond donors (Lipinski definition) is 2. The molecule has 3 N–H and O–H groups in total. The Morgan fingerprint density at radius 3 is 2.50 bits per heavy atom. The molecule has 0 radical (unpaired) electrons. The number of H-pyrrole nitrogens is 1. The Morgan fingerprint density at radius 1 is 1.21 bits per heavy atom. The molecule has 0 saturated carbocycles. The van der Waals surface area contributed by atoms with Crippen LogP contribution in [-0.2, 0) is 5.41 Å². The van der Waals surface area contributed by atoms with Crippen molar-refractivity contribution in [3.8, 4) is 23.4 Å².